The van der Waals surface area contributed by atoms with Crippen molar-refractivity contribution >= 4 is 5.91 Å². The van der Waals surface area contributed by atoms with E-state index in [0.29, 0.717) is 19.8 Å². The second kappa shape index (κ2) is 5.09. The van der Waals surface area contributed by atoms with E-state index in [4.69, 9.17) is 10.5 Å². The lowest BCUT2D eigenvalue weighted by molar-refractivity contribution is -0.138. The molecule has 4 heteroatoms. The zero-order chi connectivity index (χ0) is 11.4. The first-order chi connectivity index (χ1) is 7.83. The molecule has 86 valence electrons. The number of nitrogens with two attached hydrogens (primary N) is 1. The third kappa shape index (κ3) is 2.23. The van der Waals surface area contributed by atoms with Crippen LogP contribution in [0.2, 0.25) is 0 Å². The Labute approximate surface area is 95.0 Å². The Bertz CT molecular complexity index is 353. The Balaban J connectivity index is 2.20. The fourth-order valence-corrected chi connectivity index (χ4v) is 1.97. The molecule has 0 bridgehead atoms. The van der Waals surface area contributed by atoms with Gasteiger partial charge in [-0.1, -0.05) is 30.3 Å². The summed E-state index contributed by atoms with van der Waals surface area (Å²) in [5.74, 6) is -0.0165. The zero-order valence-corrected chi connectivity index (χ0v) is 9.13. The topological polar surface area (TPSA) is 55.6 Å². The number of amides is 1. The maximum atomic E-state index is 11.7. The molecular weight excluding hydrogens is 204 g/mol. The third-order valence-corrected chi connectivity index (χ3v) is 2.81. The summed E-state index contributed by atoms with van der Waals surface area (Å²) in [4.78, 5) is 13.5. The number of nitrogens with zero attached hydrogens (tertiary/aromatic N) is 1. The first-order valence-electron chi connectivity index (χ1n) is 5.45. The van der Waals surface area contributed by atoms with Gasteiger partial charge < -0.3 is 15.4 Å². The first kappa shape index (κ1) is 11.1. The number of hydrogen-bond donors (Lipinski definition) is 1. The van der Waals surface area contributed by atoms with Gasteiger partial charge >= 0.3 is 0 Å². The third-order valence-electron chi connectivity index (χ3n) is 2.81. The van der Waals surface area contributed by atoms with E-state index in [0.717, 1.165) is 5.56 Å². The lowest BCUT2D eigenvalue weighted by Crippen LogP contribution is -2.45. The van der Waals surface area contributed by atoms with Crippen molar-refractivity contribution < 1.29 is 9.53 Å². The van der Waals surface area contributed by atoms with Crippen molar-refractivity contribution in [2.45, 2.75) is 6.04 Å². The Morgan fingerprint density at radius 3 is 2.88 bits per heavy atom. The molecule has 16 heavy (non-hydrogen) atoms. The summed E-state index contributed by atoms with van der Waals surface area (Å²) in [5, 5.41) is 0. The summed E-state index contributed by atoms with van der Waals surface area (Å²) < 4.78 is 5.43. The highest BCUT2D eigenvalue weighted by Gasteiger charge is 2.27. The summed E-state index contributed by atoms with van der Waals surface area (Å²) in [6, 6.07) is 9.92. The molecule has 1 heterocycles. The van der Waals surface area contributed by atoms with Crippen molar-refractivity contribution in [3.63, 3.8) is 0 Å². The predicted molar refractivity (Wildman–Crippen MR) is 60.8 cm³/mol. The highest BCUT2D eigenvalue weighted by Crippen LogP contribution is 2.23. The van der Waals surface area contributed by atoms with E-state index in [-0.39, 0.29) is 18.5 Å². The minimum absolute atomic E-state index is 0.00556. The van der Waals surface area contributed by atoms with E-state index in [2.05, 4.69) is 0 Å². The summed E-state index contributed by atoms with van der Waals surface area (Å²) in [7, 11) is 0. The Hall–Kier alpha value is -1.39. The van der Waals surface area contributed by atoms with Gasteiger partial charge in [-0.3, -0.25) is 4.79 Å². The molecule has 1 aromatic carbocycles. The van der Waals surface area contributed by atoms with E-state index in [1.54, 1.807) is 4.90 Å². The van der Waals surface area contributed by atoms with Gasteiger partial charge in [0.15, 0.2) is 0 Å². The molecule has 0 aliphatic carbocycles. The molecule has 2 N–H and O–H groups in total. The summed E-state index contributed by atoms with van der Waals surface area (Å²) in [6.07, 6.45) is 0. The molecule has 1 saturated heterocycles. The van der Waals surface area contributed by atoms with Crippen LogP contribution in [0.5, 0.6) is 0 Å². The number of carbonyl (C=O) groups excluding carboxylic acids is 1. The lowest BCUT2D eigenvalue weighted by atomic mass is 10.0. The second-order valence-corrected chi connectivity index (χ2v) is 3.79. The molecular formula is C12H16N2O2. The maximum Gasteiger partial charge on any atom is 0.236 e. The average Bonchev–Trinajstić information content (AvgIpc) is 2.39. The molecule has 1 unspecified atom stereocenters. The smallest absolute Gasteiger partial charge is 0.236 e. The van der Waals surface area contributed by atoms with Gasteiger partial charge in [0.1, 0.15) is 0 Å². The molecule has 1 aliphatic rings. The van der Waals surface area contributed by atoms with Gasteiger partial charge in [-0.05, 0) is 5.56 Å². The van der Waals surface area contributed by atoms with Crippen molar-refractivity contribution in [2.24, 2.45) is 5.73 Å². The highest BCUT2D eigenvalue weighted by atomic mass is 16.5. The molecule has 0 aromatic heterocycles. The van der Waals surface area contributed by atoms with Crippen molar-refractivity contribution in [3.8, 4) is 0 Å². The fraction of sp³-hybridized carbons (Fsp3) is 0.417. The van der Waals surface area contributed by atoms with Crippen LogP contribution in [0.15, 0.2) is 30.3 Å². The molecule has 0 spiro atoms. The minimum Gasteiger partial charge on any atom is -0.377 e. The summed E-state index contributed by atoms with van der Waals surface area (Å²) in [5.41, 5.74) is 6.51. The summed E-state index contributed by atoms with van der Waals surface area (Å²) in [6.45, 7) is 1.82. The number of carbonyl (C=O) groups is 1. The van der Waals surface area contributed by atoms with Crippen LogP contribution in [0.4, 0.5) is 0 Å². The van der Waals surface area contributed by atoms with Gasteiger partial charge in [-0.2, -0.15) is 0 Å². The fourth-order valence-electron chi connectivity index (χ4n) is 1.97. The van der Waals surface area contributed by atoms with Gasteiger partial charge in [0.05, 0.1) is 25.8 Å². The Morgan fingerprint density at radius 2 is 2.19 bits per heavy atom. The zero-order valence-electron chi connectivity index (χ0n) is 9.13. The number of ether oxygens (including phenoxy) is 1. The van der Waals surface area contributed by atoms with Gasteiger partial charge in [-0.25, -0.2) is 0 Å². The molecule has 0 saturated carbocycles. The normalized spacial score (nSPS) is 20.8. The van der Waals surface area contributed by atoms with E-state index in [1.807, 2.05) is 30.3 Å². The minimum atomic E-state index is -0.0165. The van der Waals surface area contributed by atoms with Crippen molar-refractivity contribution in [2.75, 3.05) is 26.3 Å². The van der Waals surface area contributed by atoms with Gasteiger partial charge in [-0.15, -0.1) is 0 Å². The number of rotatable bonds is 2. The average molecular weight is 220 g/mol. The van der Waals surface area contributed by atoms with Crippen LogP contribution in [0.1, 0.15) is 11.6 Å². The number of hydrogen-bond acceptors (Lipinski definition) is 3. The van der Waals surface area contributed by atoms with Gasteiger partial charge in [0, 0.05) is 6.54 Å². The van der Waals surface area contributed by atoms with Gasteiger partial charge in [0.25, 0.3) is 0 Å². The Kier molecular flexibility index (Phi) is 3.54. The van der Waals surface area contributed by atoms with E-state index >= 15 is 0 Å². The van der Waals surface area contributed by atoms with Crippen LogP contribution in [-0.2, 0) is 9.53 Å². The maximum absolute atomic E-state index is 11.7. The largest absolute Gasteiger partial charge is 0.377 e. The molecule has 2 rings (SSSR count). The van der Waals surface area contributed by atoms with Crippen LogP contribution >= 0.6 is 0 Å². The molecule has 1 aliphatic heterocycles. The molecule has 4 nitrogen and oxygen atoms in total. The predicted octanol–water partition coefficient (Wildman–Crippen LogP) is 0.545. The molecule has 0 radical (unpaired) electrons. The standard InChI is InChI=1S/C12H16N2O2/c13-8-12(15)14-6-7-16-9-11(14)10-4-2-1-3-5-10/h1-5,11H,6-9,13H2. The number of benzene rings is 1. The SMILES string of the molecule is NCC(=O)N1CCOCC1c1ccccc1. The Morgan fingerprint density at radius 1 is 1.44 bits per heavy atom. The monoisotopic (exact) mass is 220 g/mol. The molecule has 1 atom stereocenters. The van der Waals surface area contributed by atoms with Crippen LogP contribution < -0.4 is 5.73 Å². The van der Waals surface area contributed by atoms with Crippen LogP contribution in [-0.4, -0.2) is 37.1 Å². The molecule has 1 aromatic rings. The quantitative estimate of drug-likeness (QED) is 0.791. The van der Waals surface area contributed by atoms with E-state index in [1.165, 1.54) is 0 Å². The van der Waals surface area contributed by atoms with E-state index in [9.17, 15) is 4.79 Å². The van der Waals surface area contributed by atoms with Crippen molar-refractivity contribution in [1.29, 1.82) is 0 Å². The van der Waals surface area contributed by atoms with Crippen molar-refractivity contribution in [1.82, 2.24) is 4.90 Å². The number of morpholine rings is 1. The molecule has 1 amide bonds. The second-order valence-electron chi connectivity index (χ2n) is 3.79. The van der Waals surface area contributed by atoms with Crippen LogP contribution in [0.3, 0.4) is 0 Å². The summed E-state index contributed by atoms with van der Waals surface area (Å²) >= 11 is 0. The van der Waals surface area contributed by atoms with Crippen LogP contribution in [0.25, 0.3) is 0 Å². The van der Waals surface area contributed by atoms with Gasteiger partial charge in [0.2, 0.25) is 5.91 Å². The first-order valence-corrected chi connectivity index (χ1v) is 5.45. The van der Waals surface area contributed by atoms with Crippen LogP contribution in [0, 0.1) is 0 Å². The molecule has 1 fully saturated rings. The van der Waals surface area contributed by atoms with Crippen molar-refractivity contribution in [3.05, 3.63) is 35.9 Å². The lowest BCUT2D eigenvalue weighted by Gasteiger charge is -2.35. The highest BCUT2D eigenvalue weighted by molar-refractivity contribution is 5.78. The van der Waals surface area contributed by atoms with E-state index < -0.39 is 0 Å².